The predicted octanol–water partition coefficient (Wildman–Crippen LogP) is 0.613. The first-order valence-corrected chi connectivity index (χ1v) is 6.86. The highest BCUT2D eigenvalue weighted by atomic mass is 16.4. The number of amides is 1. The summed E-state index contributed by atoms with van der Waals surface area (Å²) in [6, 6.07) is 11.6. The van der Waals surface area contributed by atoms with E-state index in [0.717, 1.165) is 11.3 Å². The number of carboxylic acids is 1. The summed E-state index contributed by atoms with van der Waals surface area (Å²) < 4.78 is 0. The number of H-pyrrole nitrogens is 1. The molecule has 0 atom stereocenters. The largest absolute Gasteiger partial charge is 0.480 e. The zero-order valence-corrected chi connectivity index (χ0v) is 12.0. The molecule has 0 spiro atoms. The quantitative estimate of drug-likeness (QED) is 0.664. The molecule has 7 nitrogen and oxygen atoms in total. The van der Waals surface area contributed by atoms with Crippen molar-refractivity contribution < 1.29 is 14.7 Å². The number of carbonyl (C=O) groups excluding carboxylic acids is 1. The van der Waals surface area contributed by atoms with Gasteiger partial charge >= 0.3 is 5.97 Å². The van der Waals surface area contributed by atoms with Crippen LogP contribution in [0.2, 0.25) is 0 Å². The second-order valence-corrected chi connectivity index (χ2v) is 4.88. The van der Waals surface area contributed by atoms with Gasteiger partial charge in [-0.15, -0.1) is 0 Å². The number of aromatic amines is 1. The van der Waals surface area contributed by atoms with E-state index in [2.05, 4.69) is 15.5 Å². The van der Waals surface area contributed by atoms with Gasteiger partial charge in [0.25, 0.3) is 0 Å². The van der Waals surface area contributed by atoms with Crippen molar-refractivity contribution in [3.8, 4) is 0 Å². The van der Waals surface area contributed by atoms with Crippen LogP contribution in [0.25, 0.3) is 0 Å². The van der Waals surface area contributed by atoms with Gasteiger partial charge in [0.1, 0.15) is 6.54 Å². The number of carboxylic acid groups (broad SMARTS) is 1. The van der Waals surface area contributed by atoms with Crippen LogP contribution >= 0.6 is 0 Å². The zero-order valence-electron chi connectivity index (χ0n) is 12.0. The number of carbonyl (C=O) groups is 2. The maximum absolute atomic E-state index is 11.8. The lowest BCUT2D eigenvalue weighted by Gasteiger charge is -2.21. The molecule has 0 fully saturated rings. The monoisotopic (exact) mass is 302 g/mol. The number of aliphatic carboxylic acids is 1. The van der Waals surface area contributed by atoms with Crippen LogP contribution < -0.4 is 5.32 Å². The fourth-order valence-corrected chi connectivity index (χ4v) is 2.06. The third-order valence-electron chi connectivity index (χ3n) is 3.01. The Hall–Kier alpha value is -2.67. The molecule has 0 saturated carbocycles. The van der Waals surface area contributed by atoms with Gasteiger partial charge in [0.05, 0.1) is 6.54 Å². The number of rotatable bonds is 8. The van der Waals surface area contributed by atoms with Crippen LogP contribution in [0.4, 0.5) is 0 Å². The van der Waals surface area contributed by atoms with Gasteiger partial charge in [-0.1, -0.05) is 30.3 Å². The molecule has 0 unspecified atom stereocenters. The first-order chi connectivity index (χ1) is 10.6. The highest BCUT2D eigenvalue weighted by Gasteiger charge is 2.13. The van der Waals surface area contributed by atoms with Crippen LogP contribution in [0, 0.1) is 0 Å². The van der Waals surface area contributed by atoms with E-state index in [4.69, 9.17) is 5.11 Å². The standard InChI is InChI=1S/C15H18N4O3/c20-14(16-8-15(21)22)11-19(10-13-6-7-17-18-13)9-12-4-2-1-3-5-12/h1-7H,8-11H2,(H,16,20)(H,17,18)(H,21,22). The molecule has 0 radical (unpaired) electrons. The van der Waals surface area contributed by atoms with Crippen molar-refractivity contribution >= 4 is 11.9 Å². The summed E-state index contributed by atoms with van der Waals surface area (Å²) in [7, 11) is 0. The number of aromatic nitrogens is 2. The molecule has 3 N–H and O–H groups in total. The van der Waals surface area contributed by atoms with Crippen molar-refractivity contribution in [2.75, 3.05) is 13.1 Å². The SMILES string of the molecule is O=C(O)CNC(=O)CN(Cc1ccccc1)Cc1ccn[nH]1. The van der Waals surface area contributed by atoms with E-state index in [1.54, 1.807) is 6.20 Å². The molecule has 0 aliphatic rings. The Kier molecular flexibility index (Phi) is 5.67. The summed E-state index contributed by atoms with van der Waals surface area (Å²) >= 11 is 0. The van der Waals surface area contributed by atoms with Crippen molar-refractivity contribution in [2.24, 2.45) is 0 Å². The van der Waals surface area contributed by atoms with E-state index in [1.807, 2.05) is 41.3 Å². The normalized spacial score (nSPS) is 10.6. The van der Waals surface area contributed by atoms with Crippen LogP contribution in [0.3, 0.4) is 0 Å². The Balaban J connectivity index is 1.97. The molecular weight excluding hydrogens is 284 g/mol. The van der Waals surface area contributed by atoms with Crippen molar-refractivity contribution in [3.05, 3.63) is 53.9 Å². The fraction of sp³-hybridized carbons (Fsp3) is 0.267. The lowest BCUT2D eigenvalue weighted by Crippen LogP contribution is -2.38. The Bertz CT molecular complexity index is 599. The zero-order chi connectivity index (χ0) is 15.8. The van der Waals surface area contributed by atoms with Crippen LogP contribution in [-0.2, 0) is 22.7 Å². The third-order valence-corrected chi connectivity index (χ3v) is 3.01. The molecule has 7 heteroatoms. The average molecular weight is 302 g/mol. The van der Waals surface area contributed by atoms with Gasteiger partial charge < -0.3 is 10.4 Å². The molecular formula is C15H18N4O3. The number of hydrogen-bond acceptors (Lipinski definition) is 4. The van der Waals surface area contributed by atoms with Gasteiger partial charge in [0.2, 0.25) is 5.91 Å². The molecule has 0 aliphatic carbocycles. The molecule has 2 aromatic rings. The van der Waals surface area contributed by atoms with Gasteiger partial charge in [-0.25, -0.2) is 0 Å². The maximum atomic E-state index is 11.8. The molecule has 116 valence electrons. The van der Waals surface area contributed by atoms with Crippen LogP contribution in [0.1, 0.15) is 11.3 Å². The van der Waals surface area contributed by atoms with Gasteiger partial charge in [0, 0.05) is 25.0 Å². The minimum atomic E-state index is -1.06. The summed E-state index contributed by atoms with van der Waals surface area (Å²) in [4.78, 5) is 24.2. The molecule has 0 saturated heterocycles. The van der Waals surface area contributed by atoms with E-state index < -0.39 is 5.97 Å². The summed E-state index contributed by atoms with van der Waals surface area (Å²) in [5, 5.41) is 17.7. The Morgan fingerprint density at radius 1 is 1.18 bits per heavy atom. The van der Waals surface area contributed by atoms with Crippen LogP contribution in [0.15, 0.2) is 42.6 Å². The maximum Gasteiger partial charge on any atom is 0.322 e. The second kappa shape index (κ2) is 7.94. The highest BCUT2D eigenvalue weighted by molar-refractivity contribution is 5.82. The number of benzene rings is 1. The number of nitrogens with zero attached hydrogens (tertiary/aromatic N) is 2. The molecule has 22 heavy (non-hydrogen) atoms. The van der Waals surface area contributed by atoms with Gasteiger partial charge in [-0.3, -0.25) is 19.6 Å². The second-order valence-electron chi connectivity index (χ2n) is 4.88. The average Bonchev–Trinajstić information content (AvgIpc) is 2.99. The van der Waals surface area contributed by atoms with Gasteiger partial charge in [-0.2, -0.15) is 5.10 Å². The lowest BCUT2D eigenvalue weighted by atomic mass is 10.2. The third kappa shape index (κ3) is 5.37. The summed E-state index contributed by atoms with van der Waals surface area (Å²) in [6.45, 7) is 0.846. The topological polar surface area (TPSA) is 98.3 Å². The van der Waals surface area contributed by atoms with Gasteiger partial charge in [-0.05, 0) is 11.6 Å². The van der Waals surface area contributed by atoms with Gasteiger partial charge in [0.15, 0.2) is 0 Å². The van der Waals surface area contributed by atoms with E-state index in [0.29, 0.717) is 13.1 Å². The van der Waals surface area contributed by atoms with E-state index >= 15 is 0 Å². The van der Waals surface area contributed by atoms with Crippen molar-refractivity contribution in [1.29, 1.82) is 0 Å². The van der Waals surface area contributed by atoms with Crippen LogP contribution in [-0.4, -0.2) is 45.2 Å². The summed E-state index contributed by atoms with van der Waals surface area (Å²) in [5.41, 5.74) is 1.97. The van der Waals surface area contributed by atoms with E-state index in [9.17, 15) is 9.59 Å². The summed E-state index contributed by atoms with van der Waals surface area (Å²) in [5.74, 6) is -1.38. The Labute approximate surface area is 128 Å². The first-order valence-electron chi connectivity index (χ1n) is 6.86. The minimum Gasteiger partial charge on any atom is -0.480 e. The van der Waals surface area contributed by atoms with E-state index in [-0.39, 0.29) is 19.0 Å². The molecule has 2 rings (SSSR count). The molecule has 1 amide bonds. The molecule has 1 aromatic heterocycles. The molecule has 0 bridgehead atoms. The molecule has 1 aromatic carbocycles. The highest BCUT2D eigenvalue weighted by Crippen LogP contribution is 2.08. The van der Waals surface area contributed by atoms with Crippen molar-refractivity contribution in [1.82, 2.24) is 20.4 Å². The molecule has 1 heterocycles. The number of nitrogens with one attached hydrogen (secondary N) is 2. The summed E-state index contributed by atoms with van der Waals surface area (Å²) in [6.07, 6.45) is 1.65. The first kappa shape index (κ1) is 15.7. The van der Waals surface area contributed by atoms with Crippen molar-refractivity contribution in [2.45, 2.75) is 13.1 Å². The molecule has 0 aliphatic heterocycles. The van der Waals surface area contributed by atoms with Crippen LogP contribution in [0.5, 0.6) is 0 Å². The Morgan fingerprint density at radius 3 is 2.59 bits per heavy atom. The minimum absolute atomic E-state index is 0.112. The fourth-order valence-electron chi connectivity index (χ4n) is 2.06. The van der Waals surface area contributed by atoms with E-state index in [1.165, 1.54) is 0 Å². The predicted molar refractivity (Wildman–Crippen MR) is 79.8 cm³/mol. The smallest absolute Gasteiger partial charge is 0.322 e. The van der Waals surface area contributed by atoms with Crippen molar-refractivity contribution in [3.63, 3.8) is 0 Å². The Morgan fingerprint density at radius 2 is 1.95 bits per heavy atom. The number of hydrogen-bond donors (Lipinski definition) is 3. The lowest BCUT2D eigenvalue weighted by molar-refractivity contribution is -0.138.